The van der Waals surface area contributed by atoms with Crippen LogP contribution in [0.15, 0.2) is 11.6 Å². The second-order valence-electron chi connectivity index (χ2n) is 14.4. The quantitative estimate of drug-likeness (QED) is 0.390. The van der Waals surface area contributed by atoms with Gasteiger partial charge in [-0.15, -0.1) is 0 Å². The smallest absolute Gasteiger partial charge is 0.0594 e. The molecule has 1 N–H and O–H groups in total. The minimum atomic E-state index is -0.123. The third-order valence-corrected chi connectivity index (χ3v) is 13.2. The third kappa shape index (κ3) is 2.71. The zero-order valence-corrected chi connectivity index (χ0v) is 21.8. The minimum Gasteiger partial charge on any atom is -0.393 e. The summed E-state index contributed by atoms with van der Waals surface area (Å²) >= 11 is 0. The van der Waals surface area contributed by atoms with Crippen molar-refractivity contribution in [2.45, 2.75) is 113 Å². The molecule has 176 valence electrons. The lowest BCUT2D eigenvalue weighted by atomic mass is 9.34. The van der Waals surface area contributed by atoms with Crippen LogP contribution in [0.2, 0.25) is 0 Å². The number of aliphatic hydroxyl groups is 1. The van der Waals surface area contributed by atoms with Crippen LogP contribution in [0.1, 0.15) is 107 Å². The normalized spacial score (nSPS) is 58.3. The van der Waals surface area contributed by atoms with Crippen LogP contribution in [-0.4, -0.2) is 11.2 Å². The van der Waals surface area contributed by atoms with Crippen LogP contribution >= 0.6 is 0 Å². The van der Waals surface area contributed by atoms with Gasteiger partial charge in [-0.3, -0.25) is 0 Å². The van der Waals surface area contributed by atoms with Crippen molar-refractivity contribution in [3.05, 3.63) is 11.6 Å². The Morgan fingerprint density at radius 1 is 0.839 bits per heavy atom. The number of aliphatic hydroxyl groups excluding tert-OH is 1. The summed E-state index contributed by atoms with van der Waals surface area (Å²) < 4.78 is 0. The highest BCUT2D eigenvalue weighted by molar-refractivity contribution is 5.32. The number of rotatable bonds is 0. The first-order valence-corrected chi connectivity index (χ1v) is 13.8. The predicted octanol–water partition coefficient (Wildman–Crippen LogP) is 7.88. The van der Waals surface area contributed by atoms with Gasteiger partial charge >= 0.3 is 0 Å². The predicted molar refractivity (Wildman–Crippen MR) is 131 cm³/mol. The van der Waals surface area contributed by atoms with Crippen LogP contribution in [0.3, 0.4) is 0 Å². The maximum atomic E-state index is 10.9. The molecule has 4 fully saturated rings. The average molecular weight is 427 g/mol. The van der Waals surface area contributed by atoms with Crippen molar-refractivity contribution in [2.24, 2.45) is 63.1 Å². The molecule has 0 spiro atoms. The maximum Gasteiger partial charge on any atom is 0.0594 e. The van der Waals surface area contributed by atoms with Gasteiger partial charge in [-0.2, -0.15) is 0 Å². The fraction of sp³-hybridized carbons (Fsp3) is 0.933. The molecule has 0 heterocycles. The molecule has 0 amide bonds. The molecule has 0 aliphatic heterocycles. The highest BCUT2D eigenvalue weighted by Crippen LogP contribution is 2.74. The van der Waals surface area contributed by atoms with Gasteiger partial charge in [0.15, 0.2) is 0 Å². The lowest BCUT2D eigenvalue weighted by Gasteiger charge is -2.71. The SMILES string of the molecule is C[C@H]1[C@@H]2C3=CC[C@@H]4[C@]5(C)CC[C@H](O)C(C)(C)[C@@H]5CC[C@]4(C)[C@]3(C)CC[C@H]2[C@@H](C)C[C@H]1C. The van der Waals surface area contributed by atoms with Crippen molar-refractivity contribution in [3.8, 4) is 0 Å². The first-order chi connectivity index (χ1) is 14.4. The summed E-state index contributed by atoms with van der Waals surface area (Å²) in [6.07, 6.45) is 13.1. The summed E-state index contributed by atoms with van der Waals surface area (Å²) in [5.41, 5.74) is 3.10. The number of fused-ring (bicyclic) bond motifs is 7. The molecular weight excluding hydrogens is 376 g/mol. The molecule has 0 aromatic rings. The third-order valence-electron chi connectivity index (χ3n) is 13.2. The van der Waals surface area contributed by atoms with Crippen LogP contribution in [-0.2, 0) is 0 Å². The molecule has 0 unspecified atom stereocenters. The summed E-state index contributed by atoms with van der Waals surface area (Å²) in [5, 5.41) is 10.9. The summed E-state index contributed by atoms with van der Waals surface area (Å²) in [4.78, 5) is 0. The van der Waals surface area contributed by atoms with Crippen LogP contribution in [0.25, 0.3) is 0 Å². The lowest BCUT2D eigenvalue weighted by Crippen LogP contribution is -2.64. The molecule has 5 rings (SSSR count). The molecule has 11 atom stereocenters. The number of hydrogen-bond donors (Lipinski definition) is 1. The first-order valence-electron chi connectivity index (χ1n) is 13.8. The fourth-order valence-electron chi connectivity index (χ4n) is 11.0. The van der Waals surface area contributed by atoms with Gasteiger partial charge in [0.25, 0.3) is 0 Å². The van der Waals surface area contributed by atoms with E-state index >= 15 is 0 Å². The van der Waals surface area contributed by atoms with E-state index in [4.69, 9.17) is 0 Å². The molecule has 31 heavy (non-hydrogen) atoms. The molecule has 5 aliphatic carbocycles. The minimum absolute atomic E-state index is 0.0552. The van der Waals surface area contributed by atoms with E-state index in [1.807, 2.05) is 5.57 Å². The zero-order chi connectivity index (χ0) is 22.6. The Bertz CT molecular complexity index is 764. The van der Waals surface area contributed by atoms with Crippen LogP contribution in [0.5, 0.6) is 0 Å². The molecule has 0 saturated heterocycles. The van der Waals surface area contributed by atoms with Gasteiger partial charge in [0.2, 0.25) is 0 Å². The number of hydrogen-bond acceptors (Lipinski definition) is 1. The first kappa shape index (κ1) is 22.5. The molecule has 0 radical (unpaired) electrons. The average Bonchev–Trinajstić information content (AvgIpc) is 2.69. The molecule has 0 aromatic carbocycles. The van der Waals surface area contributed by atoms with E-state index in [0.29, 0.717) is 22.2 Å². The summed E-state index contributed by atoms with van der Waals surface area (Å²) in [6.45, 7) is 20.4. The molecule has 4 saturated carbocycles. The Balaban J connectivity index is 1.57. The van der Waals surface area contributed by atoms with Gasteiger partial charge in [-0.25, -0.2) is 0 Å². The zero-order valence-electron chi connectivity index (χ0n) is 21.8. The standard InChI is InChI=1S/C30H50O/c1-18-17-19(2)21-11-15-29(7)22(26(21)20(18)3)9-10-24-28(6)14-13-25(31)27(4,5)23(28)12-16-30(24,29)8/h9,18-21,23-26,31H,10-17H2,1-8H3/t18-,19+,20-,21+,23+,24-,25+,26+,28-,29-,30+/m1/s1. The highest BCUT2D eigenvalue weighted by Gasteiger charge is 2.67. The van der Waals surface area contributed by atoms with E-state index in [0.717, 1.165) is 41.9 Å². The van der Waals surface area contributed by atoms with Crippen molar-refractivity contribution in [3.63, 3.8) is 0 Å². The van der Waals surface area contributed by atoms with Crippen molar-refractivity contribution in [2.75, 3.05) is 0 Å². The van der Waals surface area contributed by atoms with Gasteiger partial charge in [0.05, 0.1) is 6.10 Å². The Morgan fingerprint density at radius 3 is 2.26 bits per heavy atom. The van der Waals surface area contributed by atoms with E-state index in [1.54, 1.807) is 0 Å². The van der Waals surface area contributed by atoms with E-state index < -0.39 is 0 Å². The van der Waals surface area contributed by atoms with Crippen molar-refractivity contribution in [1.29, 1.82) is 0 Å². The molecule has 5 aliphatic rings. The second-order valence-corrected chi connectivity index (χ2v) is 14.4. The van der Waals surface area contributed by atoms with Gasteiger partial charge in [0, 0.05) is 0 Å². The van der Waals surface area contributed by atoms with Crippen molar-refractivity contribution < 1.29 is 5.11 Å². The Morgan fingerprint density at radius 2 is 1.55 bits per heavy atom. The van der Waals surface area contributed by atoms with E-state index in [-0.39, 0.29) is 11.5 Å². The van der Waals surface area contributed by atoms with Crippen molar-refractivity contribution >= 4 is 0 Å². The largest absolute Gasteiger partial charge is 0.393 e. The molecule has 0 bridgehead atoms. The topological polar surface area (TPSA) is 20.2 Å². The summed E-state index contributed by atoms with van der Waals surface area (Å²) in [7, 11) is 0. The number of allylic oxidation sites excluding steroid dienone is 2. The highest BCUT2D eigenvalue weighted by atomic mass is 16.3. The van der Waals surface area contributed by atoms with Gasteiger partial charge in [0.1, 0.15) is 0 Å². The monoisotopic (exact) mass is 426 g/mol. The van der Waals surface area contributed by atoms with Gasteiger partial charge < -0.3 is 5.11 Å². The van der Waals surface area contributed by atoms with E-state index in [2.05, 4.69) is 61.5 Å². The van der Waals surface area contributed by atoms with Crippen LogP contribution in [0.4, 0.5) is 0 Å². The fourth-order valence-corrected chi connectivity index (χ4v) is 11.0. The van der Waals surface area contributed by atoms with Crippen LogP contribution in [0, 0.1) is 63.1 Å². The van der Waals surface area contributed by atoms with E-state index in [1.165, 1.54) is 44.9 Å². The second kappa shape index (κ2) is 6.86. The summed E-state index contributed by atoms with van der Waals surface area (Å²) in [6, 6.07) is 0. The van der Waals surface area contributed by atoms with Crippen molar-refractivity contribution in [1.82, 2.24) is 0 Å². The van der Waals surface area contributed by atoms with Gasteiger partial charge in [-0.1, -0.05) is 67.0 Å². The lowest BCUT2D eigenvalue weighted by molar-refractivity contribution is -0.201. The Hall–Kier alpha value is -0.300. The van der Waals surface area contributed by atoms with E-state index in [9.17, 15) is 5.11 Å². The summed E-state index contributed by atoms with van der Waals surface area (Å²) in [5.74, 6) is 5.75. The van der Waals surface area contributed by atoms with Gasteiger partial charge in [-0.05, 0) is 114 Å². The maximum absolute atomic E-state index is 10.9. The molecule has 1 nitrogen and oxygen atoms in total. The Kier molecular flexibility index (Phi) is 4.98. The molecular formula is C30H50O. The Labute approximate surface area is 192 Å². The molecule has 0 aromatic heterocycles. The van der Waals surface area contributed by atoms with Crippen LogP contribution < -0.4 is 0 Å². The molecule has 1 heteroatoms.